The molecule has 3 N–H and O–H groups in total. The molecule has 1 saturated heterocycles. The summed E-state index contributed by atoms with van der Waals surface area (Å²) in [5.41, 5.74) is 6.11. The number of hydrogen-bond donors (Lipinski definition) is 2. The maximum atomic E-state index is 13.6. The third kappa shape index (κ3) is 4.64. The monoisotopic (exact) mass is 454 g/mol. The minimum atomic E-state index is -0.728. The molecule has 3 amide bonds. The van der Waals surface area contributed by atoms with Crippen LogP contribution in [0.4, 0.5) is 4.79 Å². The first-order valence-electron chi connectivity index (χ1n) is 12.9. The Bertz CT molecular complexity index is 841. The number of amides is 3. The van der Waals surface area contributed by atoms with Gasteiger partial charge in [-0.1, -0.05) is 43.7 Å². The van der Waals surface area contributed by atoms with Gasteiger partial charge in [0.1, 0.15) is 0 Å². The molecular formula is C27H42N4O2. The fourth-order valence-corrected chi connectivity index (χ4v) is 6.02. The van der Waals surface area contributed by atoms with Crippen LogP contribution in [0.5, 0.6) is 0 Å². The van der Waals surface area contributed by atoms with Crippen molar-refractivity contribution in [3.8, 4) is 0 Å². The predicted molar refractivity (Wildman–Crippen MR) is 132 cm³/mol. The highest BCUT2D eigenvalue weighted by atomic mass is 16.2. The van der Waals surface area contributed by atoms with Crippen LogP contribution in [0.15, 0.2) is 30.3 Å². The predicted octanol–water partition coefficient (Wildman–Crippen LogP) is 4.24. The lowest BCUT2D eigenvalue weighted by molar-refractivity contribution is -0.126. The van der Waals surface area contributed by atoms with Gasteiger partial charge >= 0.3 is 6.03 Å². The summed E-state index contributed by atoms with van der Waals surface area (Å²) in [6.45, 7) is 8.85. The zero-order valence-corrected chi connectivity index (χ0v) is 20.7. The molecule has 1 aromatic rings. The Hall–Kier alpha value is -2.08. The second-order valence-corrected chi connectivity index (χ2v) is 11.4. The summed E-state index contributed by atoms with van der Waals surface area (Å²) in [4.78, 5) is 29.8. The van der Waals surface area contributed by atoms with E-state index in [0.717, 1.165) is 45.2 Å². The number of nitrogens with one attached hydrogen (secondary N) is 1. The van der Waals surface area contributed by atoms with Gasteiger partial charge in [0.15, 0.2) is 0 Å². The summed E-state index contributed by atoms with van der Waals surface area (Å²) in [6.07, 6.45) is 8.79. The zero-order valence-electron chi connectivity index (χ0n) is 20.7. The first-order chi connectivity index (χ1) is 15.7. The van der Waals surface area contributed by atoms with Gasteiger partial charge in [-0.25, -0.2) is 4.79 Å². The minimum Gasteiger partial charge on any atom is -0.369 e. The van der Waals surface area contributed by atoms with E-state index in [-0.39, 0.29) is 23.0 Å². The van der Waals surface area contributed by atoms with Gasteiger partial charge in [-0.3, -0.25) is 4.79 Å². The first kappa shape index (κ1) is 24.1. The summed E-state index contributed by atoms with van der Waals surface area (Å²) in [5.74, 6) is 0.270. The molecule has 4 rings (SSSR count). The van der Waals surface area contributed by atoms with E-state index in [2.05, 4.69) is 47.5 Å². The van der Waals surface area contributed by atoms with Crippen molar-refractivity contribution in [2.75, 3.05) is 26.2 Å². The molecule has 0 unspecified atom stereocenters. The lowest BCUT2D eigenvalue weighted by Crippen LogP contribution is -2.56. The smallest absolute Gasteiger partial charge is 0.320 e. The van der Waals surface area contributed by atoms with E-state index < -0.39 is 5.41 Å². The van der Waals surface area contributed by atoms with Crippen LogP contribution < -0.4 is 11.1 Å². The van der Waals surface area contributed by atoms with Gasteiger partial charge < -0.3 is 20.9 Å². The van der Waals surface area contributed by atoms with Gasteiger partial charge in [-0.15, -0.1) is 0 Å². The highest BCUT2D eigenvalue weighted by Crippen LogP contribution is 2.48. The van der Waals surface area contributed by atoms with Crippen molar-refractivity contribution in [2.45, 2.75) is 83.2 Å². The molecule has 3 fully saturated rings. The number of urea groups is 1. The molecule has 1 spiro atoms. The number of carbonyl (C=O) groups excluding carboxylic acids is 2. The van der Waals surface area contributed by atoms with Crippen molar-refractivity contribution in [3.05, 3.63) is 35.9 Å². The number of carbonyl (C=O) groups is 2. The number of primary amides is 1. The molecule has 0 radical (unpaired) electrons. The van der Waals surface area contributed by atoms with E-state index in [0.29, 0.717) is 19.0 Å². The second-order valence-electron chi connectivity index (χ2n) is 11.4. The van der Waals surface area contributed by atoms with Crippen molar-refractivity contribution in [1.29, 1.82) is 0 Å². The largest absolute Gasteiger partial charge is 0.369 e. The van der Waals surface area contributed by atoms with Gasteiger partial charge in [0.2, 0.25) is 5.91 Å². The fraction of sp³-hybridized carbons (Fsp3) is 0.704. The Morgan fingerprint density at radius 2 is 1.82 bits per heavy atom. The molecule has 1 heterocycles. The van der Waals surface area contributed by atoms with E-state index in [1.165, 1.54) is 24.8 Å². The van der Waals surface area contributed by atoms with Crippen LogP contribution in [0.2, 0.25) is 0 Å². The Morgan fingerprint density at radius 3 is 2.36 bits per heavy atom. The van der Waals surface area contributed by atoms with E-state index in [1.807, 2.05) is 18.7 Å². The van der Waals surface area contributed by atoms with Crippen LogP contribution in [0.1, 0.15) is 77.7 Å². The summed E-state index contributed by atoms with van der Waals surface area (Å²) in [7, 11) is 0. The normalized spacial score (nSPS) is 28.4. The minimum absolute atomic E-state index is 0.0341. The Balaban J connectivity index is 1.58. The molecular weight excluding hydrogens is 412 g/mol. The third-order valence-corrected chi connectivity index (χ3v) is 8.55. The van der Waals surface area contributed by atoms with Gasteiger partial charge in [-0.2, -0.15) is 0 Å². The quantitative estimate of drug-likeness (QED) is 0.586. The maximum Gasteiger partial charge on any atom is 0.320 e. The average Bonchev–Trinajstić information content (AvgIpc) is 3.01. The van der Waals surface area contributed by atoms with Crippen LogP contribution in [-0.2, 0) is 10.3 Å². The Kier molecular flexibility index (Phi) is 6.77. The summed E-state index contributed by atoms with van der Waals surface area (Å²) < 4.78 is 0. The van der Waals surface area contributed by atoms with E-state index in [1.54, 1.807) is 0 Å². The van der Waals surface area contributed by atoms with Crippen molar-refractivity contribution < 1.29 is 9.59 Å². The van der Waals surface area contributed by atoms with Crippen LogP contribution >= 0.6 is 0 Å². The topological polar surface area (TPSA) is 78.7 Å². The molecule has 3 aliphatic rings. The highest BCUT2D eigenvalue weighted by molar-refractivity contribution is 5.83. The summed E-state index contributed by atoms with van der Waals surface area (Å²) >= 11 is 0. The molecule has 0 aromatic heterocycles. The highest BCUT2D eigenvalue weighted by Gasteiger charge is 2.55. The number of nitrogens with zero attached hydrogens (tertiary/aromatic N) is 2. The standard InChI is InChI=1S/C27H42N4O2/c1-4-17-29-27(22-11-6-5-7-12-22)15-13-26(14-16-27)20-30(19-25(2,3)23(28)32)24(33)31(26)18-21-9-8-10-21/h5-7,11-12,21,29H,4,8-10,13-20H2,1-3H3,(H2,28,32). The molecule has 182 valence electrons. The van der Waals surface area contributed by atoms with E-state index >= 15 is 0 Å². The van der Waals surface area contributed by atoms with Crippen molar-refractivity contribution in [2.24, 2.45) is 17.1 Å². The maximum absolute atomic E-state index is 13.6. The molecule has 33 heavy (non-hydrogen) atoms. The number of hydrogen-bond acceptors (Lipinski definition) is 3. The van der Waals surface area contributed by atoms with E-state index in [4.69, 9.17) is 5.73 Å². The fourth-order valence-electron chi connectivity index (χ4n) is 6.02. The molecule has 1 aliphatic heterocycles. The Morgan fingerprint density at radius 1 is 1.15 bits per heavy atom. The SMILES string of the molecule is CCCNC1(c2ccccc2)CCC2(CC1)CN(CC(C)(C)C(N)=O)C(=O)N2CC1CCC1. The van der Waals surface area contributed by atoms with Gasteiger partial charge in [0.25, 0.3) is 0 Å². The van der Waals surface area contributed by atoms with Gasteiger partial charge in [-0.05, 0) is 76.8 Å². The molecule has 0 atom stereocenters. The molecule has 2 aliphatic carbocycles. The Labute approximate surface area is 199 Å². The van der Waals surface area contributed by atoms with Crippen LogP contribution in [-0.4, -0.2) is 53.5 Å². The number of nitrogens with two attached hydrogens (primary N) is 1. The van der Waals surface area contributed by atoms with Gasteiger partial charge in [0, 0.05) is 25.2 Å². The second kappa shape index (κ2) is 9.28. The zero-order chi connectivity index (χ0) is 23.7. The number of rotatable bonds is 9. The summed E-state index contributed by atoms with van der Waals surface area (Å²) in [5, 5.41) is 3.88. The molecule has 6 heteroatoms. The van der Waals surface area contributed by atoms with Crippen molar-refractivity contribution >= 4 is 11.9 Å². The van der Waals surface area contributed by atoms with Crippen molar-refractivity contribution in [1.82, 2.24) is 15.1 Å². The van der Waals surface area contributed by atoms with Crippen molar-refractivity contribution in [3.63, 3.8) is 0 Å². The number of benzene rings is 1. The molecule has 6 nitrogen and oxygen atoms in total. The molecule has 2 saturated carbocycles. The first-order valence-corrected chi connectivity index (χ1v) is 12.9. The average molecular weight is 455 g/mol. The lowest BCUT2D eigenvalue weighted by Gasteiger charge is -2.49. The van der Waals surface area contributed by atoms with Crippen LogP contribution in [0.25, 0.3) is 0 Å². The van der Waals surface area contributed by atoms with Crippen LogP contribution in [0, 0.1) is 11.3 Å². The lowest BCUT2D eigenvalue weighted by atomic mass is 9.68. The third-order valence-electron chi connectivity index (χ3n) is 8.55. The molecule has 0 bridgehead atoms. The van der Waals surface area contributed by atoms with Crippen LogP contribution in [0.3, 0.4) is 0 Å². The van der Waals surface area contributed by atoms with E-state index in [9.17, 15) is 9.59 Å². The van der Waals surface area contributed by atoms with Gasteiger partial charge in [0.05, 0.1) is 11.0 Å². The summed E-state index contributed by atoms with van der Waals surface area (Å²) in [6, 6.07) is 10.9. The molecule has 1 aromatic carbocycles.